The van der Waals surface area contributed by atoms with Crippen LogP contribution in [0.5, 0.6) is 0 Å². The number of hydrogen-bond donors (Lipinski definition) is 1. The van der Waals surface area contributed by atoms with E-state index in [0.717, 1.165) is 11.6 Å². The fourth-order valence-electron chi connectivity index (χ4n) is 2.31. The number of aryl methyl sites for hydroxylation is 1. The largest absolute Gasteiger partial charge is 0.329 e. The van der Waals surface area contributed by atoms with Crippen molar-refractivity contribution in [2.45, 2.75) is 33.2 Å². The minimum atomic E-state index is 0.274. The summed E-state index contributed by atoms with van der Waals surface area (Å²) in [5, 5.41) is 0.789. The number of likely N-dealkylation sites (N-methyl/N-ethyl adjacent to an activating group) is 1. The maximum Gasteiger partial charge on any atom is 0.0470 e. The van der Waals surface area contributed by atoms with Gasteiger partial charge in [0.25, 0.3) is 0 Å². The Morgan fingerprint density at radius 1 is 1.39 bits per heavy atom. The Hall–Kier alpha value is -0.570. The summed E-state index contributed by atoms with van der Waals surface area (Å²) >= 11 is 6.01. The van der Waals surface area contributed by atoms with Crippen molar-refractivity contribution in [1.29, 1.82) is 0 Å². The first kappa shape index (κ1) is 15.5. The number of benzene rings is 1. The number of halogens is 1. The molecule has 1 aromatic carbocycles. The van der Waals surface area contributed by atoms with Gasteiger partial charge in [-0.1, -0.05) is 37.9 Å². The van der Waals surface area contributed by atoms with Crippen molar-refractivity contribution in [2.24, 2.45) is 11.7 Å². The highest BCUT2D eigenvalue weighted by Gasteiger charge is 2.18. The molecule has 1 rings (SSSR count). The standard InChI is InChI=1S/C15H25ClN2/c1-5-11(2)10-18(4)15(9-17)14-7-6-13(16)8-12(14)3/h6-8,11,15H,5,9-10,17H2,1-4H3. The van der Waals surface area contributed by atoms with Crippen LogP contribution >= 0.6 is 11.6 Å². The summed E-state index contributed by atoms with van der Waals surface area (Å²) < 4.78 is 0. The topological polar surface area (TPSA) is 29.3 Å². The Morgan fingerprint density at radius 2 is 2.06 bits per heavy atom. The molecule has 0 aromatic heterocycles. The predicted molar refractivity (Wildman–Crippen MR) is 80.1 cm³/mol. The van der Waals surface area contributed by atoms with Crippen molar-refractivity contribution in [3.05, 3.63) is 34.3 Å². The Bertz CT molecular complexity index is 379. The van der Waals surface area contributed by atoms with Crippen LogP contribution in [0.15, 0.2) is 18.2 Å². The molecule has 3 heteroatoms. The third kappa shape index (κ3) is 3.98. The molecule has 1 aromatic rings. The number of hydrogen-bond acceptors (Lipinski definition) is 2. The van der Waals surface area contributed by atoms with E-state index in [1.165, 1.54) is 17.5 Å². The highest BCUT2D eigenvalue weighted by atomic mass is 35.5. The van der Waals surface area contributed by atoms with E-state index < -0.39 is 0 Å². The lowest BCUT2D eigenvalue weighted by Gasteiger charge is -2.30. The minimum Gasteiger partial charge on any atom is -0.329 e. The zero-order valence-electron chi connectivity index (χ0n) is 11.9. The third-order valence-corrected chi connectivity index (χ3v) is 3.88. The van der Waals surface area contributed by atoms with Crippen molar-refractivity contribution in [1.82, 2.24) is 4.90 Å². The van der Waals surface area contributed by atoms with Gasteiger partial charge in [-0.15, -0.1) is 0 Å². The molecule has 0 aliphatic rings. The fraction of sp³-hybridized carbons (Fsp3) is 0.600. The molecule has 2 atom stereocenters. The second kappa shape index (κ2) is 7.13. The lowest BCUT2D eigenvalue weighted by molar-refractivity contribution is 0.214. The van der Waals surface area contributed by atoms with Gasteiger partial charge in [-0.25, -0.2) is 0 Å². The van der Waals surface area contributed by atoms with Gasteiger partial charge in [0.15, 0.2) is 0 Å². The Labute approximate surface area is 116 Å². The molecule has 2 unspecified atom stereocenters. The van der Waals surface area contributed by atoms with Crippen molar-refractivity contribution < 1.29 is 0 Å². The molecule has 18 heavy (non-hydrogen) atoms. The molecule has 0 aliphatic carbocycles. The van der Waals surface area contributed by atoms with Crippen LogP contribution in [0.2, 0.25) is 5.02 Å². The Balaban J connectivity index is 2.88. The molecule has 0 radical (unpaired) electrons. The smallest absolute Gasteiger partial charge is 0.0470 e. The van der Waals surface area contributed by atoms with Gasteiger partial charge in [0.2, 0.25) is 0 Å². The van der Waals surface area contributed by atoms with Crippen LogP contribution in [-0.4, -0.2) is 25.0 Å². The molecule has 2 N–H and O–H groups in total. The molecule has 0 aliphatic heterocycles. The van der Waals surface area contributed by atoms with E-state index in [1.807, 2.05) is 12.1 Å². The van der Waals surface area contributed by atoms with Crippen LogP contribution < -0.4 is 5.73 Å². The Morgan fingerprint density at radius 3 is 2.56 bits per heavy atom. The second-order valence-corrected chi connectivity index (χ2v) is 5.64. The van der Waals surface area contributed by atoms with Crippen LogP contribution in [0.4, 0.5) is 0 Å². The van der Waals surface area contributed by atoms with Crippen LogP contribution in [-0.2, 0) is 0 Å². The lowest BCUT2D eigenvalue weighted by Crippen LogP contribution is -2.34. The Kier molecular flexibility index (Phi) is 6.13. The van der Waals surface area contributed by atoms with E-state index in [0.29, 0.717) is 12.5 Å². The monoisotopic (exact) mass is 268 g/mol. The van der Waals surface area contributed by atoms with E-state index in [9.17, 15) is 0 Å². The number of rotatable bonds is 6. The van der Waals surface area contributed by atoms with Crippen molar-refractivity contribution in [3.8, 4) is 0 Å². The van der Waals surface area contributed by atoms with Gasteiger partial charge in [0.05, 0.1) is 0 Å². The van der Waals surface area contributed by atoms with Gasteiger partial charge >= 0.3 is 0 Å². The molecular formula is C15H25ClN2. The van der Waals surface area contributed by atoms with Crippen molar-refractivity contribution in [2.75, 3.05) is 20.1 Å². The van der Waals surface area contributed by atoms with E-state index >= 15 is 0 Å². The lowest BCUT2D eigenvalue weighted by atomic mass is 9.99. The van der Waals surface area contributed by atoms with Gasteiger partial charge in [-0.05, 0) is 43.1 Å². The molecule has 0 bridgehead atoms. The van der Waals surface area contributed by atoms with Crippen LogP contribution in [0.3, 0.4) is 0 Å². The van der Waals surface area contributed by atoms with Gasteiger partial charge in [-0.2, -0.15) is 0 Å². The molecule has 0 heterocycles. The average molecular weight is 269 g/mol. The van der Waals surface area contributed by atoms with Crippen LogP contribution in [0, 0.1) is 12.8 Å². The molecule has 0 spiro atoms. The highest BCUT2D eigenvalue weighted by molar-refractivity contribution is 6.30. The van der Waals surface area contributed by atoms with E-state index in [2.05, 4.69) is 38.8 Å². The zero-order valence-corrected chi connectivity index (χ0v) is 12.7. The summed E-state index contributed by atoms with van der Waals surface area (Å²) in [5.74, 6) is 0.691. The molecule has 0 amide bonds. The fourth-order valence-corrected chi connectivity index (χ4v) is 2.53. The number of nitrogens with two attached hydrogens (primary N) is 1. The summed E-state index contributed by atoms with van der Waals surface area (Å²) in [5.41, 5.74) is 8.46. The summed E-state index contributed by atoms with van der Waals surface area (Å²) in [6.07, 6.45) is 1.20. The molecular weight excluding hydrogens is 244 g/mol. The molecule has 0 fully saturated rings. The van der Waals surface area contributed by atoms with Gasteiger partial charge in [0.1, 0.15) is 0 Å². The molecule has 0 saturated carbocycles. The highest BCUT2D eigenvalue weighted by Crippen LogP contribution is 2.25. The van der Waals surface area contributed by atoms with Gasteiger partial charge < -0.3 is 5.73 Å². The maximum absolute atomic E-state index is 6.01. The third-order valence-electron chi connectivity index (χ3n) is 3.64. The predicted octanol–water partition coefficient (Wildman–Crippen LogP) is 3.63. The van der Waals surface area contributed by atoms with Gasteiger partial charge in [-0.3, -0.25) is 4.90 Å². The normalized spacial score (nSPS) is 14.8. The SMILES string of the molecule is CCC(C)CN(C)C(CN)c1ccc(Cl)cc1C. The van der Waals surface area contributed by atoms with Crippen LogP contribution in [0.25, 0.3) is 0 Å². The first-order chi connectivity index (χ1) is 8.49. The minimum absolute atomic E-state index is 0.274. The summed E-state index contributed by atoms with van der Waals surface area (Å²) in [6.45, 7) is 8.30. The van der Waals surface area contributed by atoms with E-state index in [1.54, 1.807) is 0 Å². The van der Waals surface area contributed by atoms with Crippen LogP contribution in [0.1, 0.15) is 37.4 Å². The number of nitrogens with zero attached hydrogens (tertiary/aromatic N) is 1. The average Bonchev–Trinajstić information content (AvgIpc) is 2.32. The first-order valence-electron chi connectivity index (χ1n) is 6.65. The zero-order chi connectivity index (χ0) is 13.7. The van der Waals surface area contributed by atoms with Gasteiger partial charge in [0, 0.05) is 24.2 Å². The van der Waals surface area contributed by atoms with Crippen molar-refractivity contribution in [3.63, 3.8) is 0 Å². The van der Waals surface area contributed by atoms with Crippen molar-refractivity contribution >= 4 is 11.6 Å². The first-order valence-corrected chi connectivity index (χ1v) is 7.03. The second-order valence-electron chi connectivity index (χ2n) is 5.21. The van der Waals surface area contributed by atoms with E-state index in [4.69, 9.17) is 17.3 Å². The quantitative estimate of drug-likeness (QED) is 0.854. The van der Waals surface area contributed by atoms with E-state index in [-0.39, 0.29) is 6.04 Å². The summed E-state index contributed by atoms with van der Waals surface area (Å²) in [6, 6.07) is 6.33. The summed E-state index contributed by atoms with van der Waals surface area (Å²) in [4.78, 5) is 2.35. The molecule has 102 valence electrons. The summed E-state index contributed by atoms with van der Waals surface area (Å²) in [7, 11) is 2.15. The molecule has 0 saturated heterocycles. The molecule has 2 nitrogen and oxygen atoms in total. The maximum atomic E-state index is 6.01.